The summed E-state index contributed by atoms with van der Waals surface area (Å²) in [6.07, 6.45) is 1.69. The molecule has 1 aliphatic heterocycles. The summed E-state index contributed by atoms with van der Waals surface area (Å²) in [6, 6.07) is 5.25. The van der Waals surface area contributed by atoms with E-state index in [4.69, 9.17) is 9.47 Å². The molecule has 98 valence electrons. The fourth-order valence-electron chi connectivity index (χ4n) is 2.02. The van der Waals surface area contributed by atoms with Crippen molar-refractivity contribution in [3.05, 3.63) is 41.5 Å². The first-order valence-corrected chi connectivity index (χ1v) is 6.06. The Morgan fingerprint density at radius 1 is 1.32 bits per heavy atom. The molecule has 5 nitrogen and oxygen atoms in total. The Bertz CT molecular complexity index is 646. The number of rotatable bonds is 3. The van der Waals surface area contributed by atoms with Gasteiger partial charge in [-0.3, -0.25) is 4.79 Å². The van der Waals surface area contributed by atoms with Gasteiger partial charge in [-0.2, -0.15) is 0 Å². The highest BCUT2D eigenvalue weighted by atomic mass is 16.7. The molecule has 0 spiro atoms. The number of hydrogen-bond acceptors (Lipinski definition) is 4. The summed E-state index contributed by atoms with van der Waals surface area (Å²) in [4.78, 5) is 16.4. The van der Waals surface area contributed by atoms with Gasteiger partial charge in [0.2, 0.25) is 6.79 Å². The molecule has 1 aromatic heterocycles. The molecule has 1 aromatic carbocycles. The van der Waals surface area contributed by atoms with Crippen molar-refractivity contribution < 1.29 is 14.3 Å². The third-order valence-electron chi connectivity index (χ3n) is 3.35. The van der Waals surface area contributed by atoms with E-state index in [9.17, 15) is 4.79 Å². The third-order valence-corrected chi connectivity index (χ3v) is 3.35. The van der Waals surface area contributed by atoms with Crippen LogP contribution in [0, 0.1) is 13.8 Å². The molecule has 0 unspecified atom stereocenters. The van der Waals surface area contributed by atoms with Crippen LogP contribution in [0.1, 0.15) is 21.7 Å². The number of aromatic nitrogens is 2. The van der Waals surface area contributed by atoms with Crippen molar-refractivity contribution in [3.8, 4) is 11.5 Å². The smallest absolute Gasteiger partial charge is 0.231 e. The van der Waals surface area contributed by atoms with Crippen LogP contribution >= 0.6 is 0 Å². The van der Waals surface area contributed by atoms with E-state index in [-0.39, 0.29) is 19.1 Å². The van der Waals surface area contributed by atoms with Crippen LogP contribution in [0.25, 0.3) is 0 Å². The number of aryl methyl sites for hydroxylation is 1. The number of ether oxygens (including phenoxy) is 2. The molecule has 0 atom stereocenters. The minimum atomic E-state index is 0.0267. The Hall–Kier alpha value is -2.30. The zero-order chi connectivity index (χ0) is 13.4. The van der Waals surface area contributed by atoms with Crippen molar-refractivity contribution in [2.75, 3.05) is 6.79 Å². The van der Waals surface area contributed by atoms with Gasteiger partial charge >= 0.3 is 0 Å². The zero-order valence-electron chi connectivity index (χ0n) is 10.8. The van der Waals surface area contributed by atoms with Gasteiger partial charge in [0.15, 0.2) is 17.3 Å². The van der Waals surface area contributed by atoms with Crippen LogP contribution in [-0.4, -0.2) is 22.1 Å². The zero-order valence-corrected chi connectivity index (χ0v) is 10.8. The minimum Gasteiger partial charge on any atom is -0.454 e. The van der Waals surface area contributed by atoms with Crippen LogP contribution in [0.4, 0.5) is 0 Å². The fourth-order valence-corrected chi connectivity index (χ4v) is 2.02. The second-order valence-electron chi connectivity index (χ2n) is 4.53. The van der Waals surface area contributed by atoms with Crippen molar-refractivity contribution in [2.24, 2.45) is 0 Å². The lowest BCUT2D eigenvalue weighted by Gasteiger charge is -2.05. The second kappa shape index (κ2) is 4.42. The number of imidazole rings is 1. The lowest BCUT2D eigenvalue weighted by atomic mass is 10.1. The van der Waals surface area contributed by atoms with E-state index in [0.717, 1.165) is 11.4 Å². The molecule has 2 aromatic rings. The molecule has 1 aliphatic rings. The Morgan fingerprint density at radius 3 is 2.84 bits per heavy atom. The van der Waals surface area contributed by atoms with Gasteiger partial charge in [0.25, 0.3) is 0 Å². The maximum Gasteiger partial charge on any atom is 0.231 e. The number of ketones is 1. The topological polar surface area (TPSA) is 53.4 Å². The van der Waals surface area contributed by atoms with Crippen molar-refractivity contribution in [1.29, 1.82) is 0 Å². The lowest BCUT2D eigenvalue weighted by Crippen LogP contribution is -2.11. The molecule has 5 heteroatoms. The van der Waals surface area contributed by atoms with Crippen LogP contribution < -0.4 is 9.47 Å². The number of carbonyl (C=O) groups excluding carboxylic acids is 1. The van der Waals surface area contributed by atoms with Crippen LogP contribution in [0.15, 0.2) is 24.5 Å². The second-order valence-corrected chi connectivity index (χ2v) is 4.53. The normalized spacial score (nSPS) is 12.7. The molecular weight excluding hydrogens is 244 g/mol. The molecule has 0 fully saturated rings. The summed E-state index contributed by atoms with van der Waals surface area (Å²) in [5, 5.41) is 0. The monoisotopic (exact) mass is 258 g/mol. The van der Waals surface area contributed by atoms with Crippen LogP contribution in [-0.2, 0) is 6.54 Å². The maximum absolute atomic E-state index is 12.2. The Morgan fingerprint density at radius 2 is 2.11 bits per heavy atom. The predicted molar refractivity (Wildman–Crippen MR) is 68.6 cm³/mol. The number of carbonyl (C=O) groups is 1. The first-order valence-electron chi connectivity index (χ1n) is 6.06. The quantitative estimate of drug-likeness (QED) is 0.791. The highest BCUT2D eigenvalue weighted by molar-refractivity contribution is 5.96. The molecule has 2 heterocycles. The summed E-state index contributed by atoms with van der Waals surface area (Å²) >= 11 is 0. The third kappa shape index (κ3) is 2.07. The Balaban J connectivity index is 1.83. The van der Waals surface area contributed by atoms with Gasteiger partial charge in [0, 0.05) is 11.3 Å². The Kier molecular flexibility index (Phi) is 2.74. The van der Waals surface area contributed by atoms with Gasteiger partial charge in [-0.25, -0.2) is 4.98 Å². The minimum absolute atomic E-state index is 0.0267. The van der Waals surface area contributed by atoms with E-state index in [1.807, 2.05) is 18.4 Å². The molecule has 0 N–H and O–H groups in total. The molecule has 0 saturated heterocycles. The molecular formula is C14H14N2O3. The maximum atomic E-state index is 12.2. The van der Waals surface area contributed by atoms with Gasteiger partial charge in [-0.15, -0.1) is 0 Å². The van der Waals surface area contributed by atoms with Crippen molar-refractivity contribution in [1.82, 2.24) is 9.55 Å². The van der Waals surface area contributed by atoms with Crippen LogP contribution in [0.2, 0.25) is 0 Å². The molecule has 0 amide bonds. The molecule has 3 rings (SSSR count). The van der Waals surface area contributed by atoms with Crippen molar-refractivity contribution >= 4 is 5.78 Å². The van der Waals surface area contributed by atoms with E-state index in [1.165, 1.54) is 0 Å². The van der Waals surface area contributed by atoms with Gasteiger partial charge in [0.1, 0.15) is 0 Å². The van der Waals surface area contributed by atoms with Gasteiger partial charge in [-0.05, 0) is 32.0 Å². The summed E-state index contributed by atoms with van der Waals surface area (Å²) in [5.74, 6) is 1.34. The highest BCUT2D eigenvalue weighted by Crippen LogP contribution is 2.32. The number of fused-ring (bicyclic) bond motifs is 1. The average molecular weight is 258 g/mol. The SMILES string of the molecule is Cc1ncn(CC(=O)c2ccc3c(c2)OCO3)c1C. The summed E-state index contributed by atoms with van der Waals surface area (Å²) in [5.41, 5.74) is 2.57. The van der Waals surface area contributed by atoms with Crippen molar-refractivity contribution in [2.45, 2.75) is 20.4 Å². The average Bonchev–Trinajstić information content (AvgIpc) is 2.99. The molecule has 0 radical (unpaired) electrons. The molecule has 19 heavy (non-hydrogen) atoms. The van der Waals surface area contributed by atoms with Crippen LogP contribution in [0.5, 0.6) is 11.5 Å². The number of hydrogen-bond donors (Lipinski definition) is 0. The first kappa shape index (κ1) is 11.8. The van der Waals surface area contributed by atoms with Gasteiger partial charge in [-0.1, -0.05) is 0 Å². The van der Waals surface area contributed by atoms with E-state index >= 15 is 0 Å². The van der Waals surface area contributed by atoms with Gasteiger partial charge in [0.05, 0.1) is 18.6 Å². The highest BCUT2D eigenvalue weighted by Gasteiger charge is 2.16. The predicted octanol–water partition coefficient (Wildman–Crippen LogP) is 2.11. The molecule has 0 saturated carbocycles. The summed E-state index contributed by atoms with van der Waals surface area (Å²) < 4.78 is 12.3. The standard InChI is InChI=1S/C14H14N2O3/c1-9-10(2)16(7-15-9)6-12(17)11-3-4-13-14(5-11)19-8-18-13/h3-5,7H,6,8H2,1-2H3. The van der Waals surface area contributed by atoms with Gasteiger partial charge < -0.3 is 14.0 Å². The summed E-state index contributed by atoms with van der Waals surface area (Å²) in [7, 11) is 0. The van der Waals surface area contributed by atoms with E-state index < -0.39 is 0 Å². The van der Waals surface area contributed by atoms with E-state index in [0.29, 0.717) is 17.1 Å². The van der Waals surface area contributed by atoms with Crippen molar-refractivity contribution in [3.63, 3.8) is 0 Å². The molecule has 0 aliphatic carbocycles. The molecule has 0 bridgehead atoms. The Labute approximate surface area is 110 Å². The first-order chi connectivity index (χ1) is 9.15. The number of Topliss-reactive ketones (excluding diaryl/α,β-unsaturated/α-hetero) is 1. The summed E-state index contributed by atoms with van der Waals surface area (Å²) in [6.45, 7) is 4.38. The fraction of sp³-hybridized carbons (Fsp3) is 0.286. The largest absolute Gasteiger partial charge is 0.454 e. The van der Waals surface area contributed by atoms with E-state index in [1.54, 1.807) is 24.5 Å². The van der Waals surface area contributed by atoms with E-state index in [2.05, 4.69) is 4.98 Å². The number of nitrogens with zero attached hydrogens (tertiary/aromatic N) is 2. The number of benzene rings is 1. The lowest BCUT2D eigenvalue weighted by molar-refractivity contribution is 0.0971. The van der Waals surface area contributed by atoms with Crippen LogP contribution in [0.3, 0.4) is 0 Å².